The number of nitrogens with zero attached hydrogens (tertiary/aromatic N) is 1. The molecule has 0 aliphatic carbocycles. The van der Waals surface area contributed by atoms with Gasteiger partial charge >= 0.3 is 0 Å². The average molecular weight is 401 g/mol. The van der Waals surface area contributed by atoms with Crippen LogP contribution in [0.15, 0.2) is 48.5 Å². The third-order valence-electron chi connectivity index (χ3n) is 5.18. The summed E-state index contributed by atoms with van der Waals surface area (Å²) in [5.74, 6) is 0.239. The van der Waals surface area contributed by atoms with Gasteiger partial charge < -0.3 is 15.4 Å². The summed E-state index contributed by atoms with van der Waals surface area (Å²) in [7, 11) is 0. The van der Waals surface area contributed by atoms with E-state index in [0.29, 0.717) is 36.7 Å². The average Bonchev–Trinajstić information content (AvgIpc) is 2.66. The minimum Gasteiger partial charge on any atom is -0.490 e. The zero-order valence-corrected chi connectivity index (χ0v) is 16.7. The first-order valence-corrected chi connectivity index (χ1v) is 9.83. The van der Waals surface area contributed by atoms with E-state index in [-0.39, 0.29) is 30.3 Å². The lowest BCUT2D eigenvalue weighted by molar-refractivity contribution is -0.135. The summed E-state index contributed by atoms with van der Waals surface area (Å²) in [6.45, 7) is 3.06. The van der Waals surface area contributed by atoms with Crippen molar-refractivity contribution in [1.82, 2.24) is 4.90 Å². The highest BCUT2D eigenvalue weighted by Gasteiger charge is 2.34. The van der Waals surface area contributed by atoms with Crippen molar-refractivity contribution in [2.75, 3.05) is 13.1 Å². The molecular formula is C22H25ClN2O3. The number of ether oxygens (including phenoxy) is 1. The summed E-state index contributed by atoms with van der Waals surface area (Å²) in [6, 6.07) is 15.0. The second-order valence-electron chi connectivity index (χ2n) is 7.27. The monoisotopic (exact) mass is 400 g/mol. The molecule has 148 valence electrons. The van der Waals surface area contributed by atoms with Crippen LogP contribution in [0.25, 0.3) is 0 Å². The normalized spacial score (nSPS) is 19.3. The van der Waals surface area contributed by atoms with Gasteiger partial charge in [0.05, 0.1) is 6.42 Å². The van der Waals surface area contributed by atoms with Gasteiger partial charge in [0.1, 0.15) is 11.9 Å². The lowest BCUT2D eigenvalue weighted by atomic mass is 9.90. The van der Waals surface area contributed by atoms with Gasteiger partial charge in [-0.2, -0.15) is 0 Å². The third kappa shape index (κ3) is 5.26. The number of hydrogen-bond acceptors (Lipinski definition) is 3. The van der Waals surface area contributed by atoms with Crippen molar-refractivity contribution in [3.8, 4) is 5.75 Å². The van der Waals surface area contributed by atoms with E-state index in [1.54, 1.807) is 24.3 Å². The summed E-state index contributed by atoms with van der Waals surface area (Å²) < 4.78 is 6.08. The number of carbonyl (C=O) groups excluding carboxylic acids is 2. The van der Waals surface area contributed by atoms with Crippen LogP contribution in [0, 0.1) is 12.8 Å². The van der Waals surface area contributed by atoms with Gasteiger partial charge in [-0.25, -0.2) is 0 Å². The fourth-order valence-corrected chi connectivity index (χ4v) is 3.74. The molecule has 3 rings (SSSR count). The van der Waals surface area contributed by atoms with Crippen LogP contribution in [-0.4, -0.2) is 35.9 Å². The predicted octanol–water partition coefficient (Wildman–Crippen LogP) is 3.36. The maximum absolute atomic E-state index is 12.8. The number of rotatable bonds is 6. The van der Waals surface area contributed by atoms with Gasteiger partial charge in [-0.15, -0.1) is 0 Å². The molecule has 2 N–H and O–H groups in total. The largest absolute Gasteiger partial charge is 0.490 e. The molecule has 6 heteroatoms. The molecular weight excluding hydrogens is 376 g/mol. The zero-order valence-electron chi connectivity index (χ0n) is 15.9. The molecule has 0 spiro atoms. The van der Waals surface area contributed by atoms with Crippen LogP contribution in [0.5, 0.6) is 5.75 Å². The lowest BCUT2D eigenvalue weighted by Crippen LogP contribution is -2.49. The quantitative estimate of drug-likeness (QED) is 0.808. The van der Waals surface area contributed by atoms with Crippen LogP contribution < -0.4 is 10.5 Å². The fourth-order valence-electron chi connectivity index (χ4n) is 3.62. The second kappa shape index (κ2) is 9.11. The molecule has 1 heterocycles. The van der Waals surface area contributed by atoms with Crippen LogP contribution in [-0.2, 0) is 16.0 Å². The number of primary amides is 1. The van der Waals surface area contributed by atoms with E-state index in [1.165, 1.54) is 0 Å². The molecule has 1 aliphatic heterocycles. The molecule has 2 amide bonds. The highest BCUT2D eigenvalue weighted by atomic mass is 35.5. The lowest BCUT2D eigenvalue weighted by Gasteiger charge is -2.38. The Bertz CT molecular complexity index is 838. The van der Waals surface area contributed by atoms with Crippen molar-refractivity contribution < 1.29 is 14.3 Å². The Hall–Kier alpha value is -2.53. The molecule has 0 bridgehead atoms. The fraction of sp³-hybridized carbons (Fsp3) is 0.364. The summed E-state index contributed by atoms with van der Waals surface area (Å²) in [5, 5.41) is 0.637. The van der Waals surface area contributed by atoms with Crippen molar-refractivity contribution in [3.05, 3.63) is 64.7 Å². The first kappa shape index (κ1) is 20.2. The van der Waals surface area contributed by atoms with Gasteiger partial charge in [0.2, 0.25) is 11.8 Å². The topological polar surface area (TPSA) is 72.6 Å². The minimum absolute atomic E-state index is 0.0636. The third-order valence-corrected chi connectivity index (χ3v) is 5.44. The molecule has 5 nitrogen and oxygen atoms in total. The molecule has 0 radical (unpaired) electrons. The Morgan fingerprint density at radius 2 is 1.89 bits per heavy atom. The van der Waals surface area contributed by atoms with Gasteiger partial charge in [-0.1, -0.05) is 35.9 Å². The number of amides is 2. The molecule has 0 aromatic heterocycles. The number of likely N-dealkylation sites (tertiary alicyclic amines) is 1. The predicted molar refractivity (Wildman–Crippen MR) is 109 cm³/mol. The van der Waals surface area contributed by atoms with Crippen LogP contribution in [0.3, 0.4) is 0 Å². The van der Waals surface area contributed by atoms with Gasteiger partial charge in [0, 0.05) is 36.9 Å². The number of piperidine rings is 1. The molecule has 0 saturated carbocycles. The Morgan fingerprint density at radius 3 is 2.57 bits per heavy atom. The Balaban J connectivity index is 1.67. The number of carbonyl (C=O) groups is 2. The Kier molecular flexibility index (Phi) is 6.57. The Morgan fingerprint density at radius 1 is 1.18 bits per heavy atom. The highest BCUT2D eigenvalue weighted by Crippen LogP contribution is 2.27. The SMILES string of the molecule is Cc1ccccc1CC(=O)N1CC[C@H](Oc2ccc(Cl)cc2)[C@@H](CC(N)=O)C1. The number of aryl methyl sites for hydroxylation is 1. The summed E-state index contributed by atoms with van der Waals surface area (Å²) in [4.78, 5) is 26.2. The van der Waals surface area contributed by atoms with Gasteiger partial charge in [0.15, 0.2) is 0 Å². The van der Waals surface area contributed by atoms with Crippen LogP contribution in [0.2, 0.25) is 5.02 Å². The minimum atomic E-state index is -0.386. The van der Waals surface area contributed by atoms with E-state index in [9.17, 15) is 9.59 Å². The second-order valence-corrected chi connectivity index (χ2v) is 7.71. The van der Waals surface area contributed by atoms with Crippen molar-refractivity contribution in [2.24, 2.45) is 11.7 Å². The summed E-state index contributed by atoms with van der Waals surface area (Å²) in [5.41, 5.74) is 7.58. The maximum Gasteiger partial charge on any atom is 0.227 e. The highest BCUT2D eigenvalue weighted by molar-refractivity contribution is 6.30. The molecule has 2 aromatic rings. The standard InChI is InChI=1S/C22H25ClN2O3/c1-15-4-2-3-5-16(15)13-22(27)25-11-10-20(17(14-25)12-21(24)26)28-19-8-6-18(23)7-9-19/h2-9,17,20H,10-14H2,1H3,(H2,24,26)/t17-,20-/m0/s1. The van der Waals surface area contributed by atoms with E-state index >= 15 is 0 Å². The van der Waals surface area contributed by atoms with Crippen molar-refractivity contribution in [1.29, 1.82) is 0 Å². The van der Waals surface area contributed by atoms with Gasteiger partial charge in [-0.05, 0) is 42.3 Å². The van der Waals surface area contributed by atoms with Crippen LogP contribution in [0.1, 0.15) is 24.0 Å². The first-order valence-electron chi connectivity index (χ1n) is 9.45. The summed E-state index contributed by atoms with van der Waals surface area (Å²) >= 11 is 5.92. The van der Waals surface area contributed by atoms with E-state index < -0.39 is 0 Å². The van der Waals surface area contributed by atoms with Crippen molar-refractivity contribution >= 4 is 23.4 Å². The van der Waals surface area contributed by atoms with Gasteiger partial charge in [-0.3, -0.25) is 9.59 Å². The van der Waals surface area contributed by atoms with Crippen molar-refractivity contribution in [2.45, 2.75) is 32.3 Å². The smallest absolute Gasteiger partial charge is 0.227 e. The molecule has 1 fully saturated rings. The number of halogens is 1. The zero-order chi connectivity index (χ0) is 20.1. The number of hydrogen-bond donors (Lipinski definition) is 1. The molecule has 0 unspecified atom stereocenters. The molecule has 2 atom stereocenters. The van der Waals surface area contributed by atoms with E-state index in [2.05, 4.69) is 0 Å². The van der Waals surface area contributed by atoms with Gasteiger partial charge in [0.25, 0.3) is 0 Å². The molecule has 1 saturated heterocycles. The number of benzene rings is 2. The molecule has 2 aromatic carbocycles. The van der Waals surface area contributed by atoms with E-state index in [1.807, 2.05) is 36.1 Å². The first-order chi connectivity index (χ1) is 13.4. The van der Waals surface area contributed by atoms with E-state index in [0.717, 1.165) is 11.1 Å². The van der Waals surface area contributed by atoms with Crippen molar-refractivity contribution in [3.63, 3.8) is 0 Å². The molecule has 28 heavy (non-hydrogen) atoms. The summed E-state index contributed by atoms with van der Waals surface area (Å²) in [6.07, 6.45) is 1.03. The van der Waals surface area contributed by atoms with Crippen LogP contribution in [0.4, 0.5) is 0 Å². The maximum atomic E-state index is 12.8. The van der Waals surface area contributed by atoms with E-state index in [4.69, 9.17) is 22.1 Å². The van der Waals surface area contributed by atoms with Crippen LogP contribution >= 0.6 is 11.6 Å². The molecule has 1 aliphatic rings. The number of nitrogens with two attached hydrogens (primary N) is 1. The Labute approximate surface area is 170 Å².